The number of rotatable bonds is 5. The number of amides is 1. The molecule has 0 unspecified atom stereocenters. The topological polar surface area (TPSA) is 68.4 Å². The molecule has 3 rings (SSSR count). The van der Waals surface area contributed by atoms with Crippen molar-refractivity contribution in [1.82, 2.24) is 9.47 Å². The van der Waals surface area contributed by atoms with Crippen LogP contribution in [0.3, 0.4) is 0 Å². The van der Waals surface area contributed by atoms with Gasteiger partial charge in [0.25, 0.3) is 11.6 Å². The van der Waals surface area contributed by atoms with Crippen molar-refractivity contribution in [2.45, 2.75) is 25.4 Å². The van der Waals surface area contributed by atoms with Crippen molar-refractivity contribution in [3.63, 3.8) is 0 Å². The molecule has 0 spiro atoms. The number of hydrogen-bond donors (Lipinski definition) is 0. The van der Waals surface area contributed by atoms with Crippen LogP contribution >= 0.6 is 11.6 Å². The van der Waals surface area contributed by atoms with Gasteiger partial charge in [-0.1, -0.05) is 11.6 Å². The maximum Gasteiger partial charge on any atom is 0.282 e. The molecule has 2 aromatic rings. The lowest BCUT2D eigenvalue weighted by Crippen LogP contribution is -2.33. The predicted octanol–water partition coefficient (Wildman–Crippen LogP) is 3.39. The van der Waals surface area contributed by atoms with Crippen LogP contribution in [0.1, 0.15) is 28.9 Å². The van der Waals surface area contributed by atoms with E-state index in [4.69, 9.17) is 11.6 Å². The van der Waals surface area contributed by atoms with Gasteiger partial charge in [0.05, 0.1) is 11.5 Å². The molecule has 120 valence electrons. The number of nitro groups is 1. The molecule has 1 saturated carbocycles. The van der Waals surface area contributed by atoms with E-state index < -0.39 is 4.92 Å². The van der Waals surface area contributed by atoms with Crippen LogP contribution in [0.25, 0.3) is 0 Å². The molecule has 0 aliphatic heterocycles. The van der Waals surface area contributed by atoms with Crippen molar-refractivity contribution in [3.05, 3.63) is 62.9 Å². The first-order valence-electron chi connectivity index (χ1n) is 7.32. The van der Waals surface area contributed by atoms with E-state index in [0.717, 1.165) is 18.5 Å². The van der Waals surface area contributed by atoms with E-state index in [1.54, 1.807) is 4.90 Å². The summed E-state index contributed by atoms with van der Waals surface area (Å²) in [5.74, 6) is -0.345. The minimum Gasteiger partial charge on any atom is -0.353 e. The smallest absolute Gasteiger partial charge is 0.282 e. The Morgan fingerprint density at radius 2 is 2.17 bits per heavy atom. The number of nitrogens with zero attached hydrogens (tertiary/aromatic N) is 3. The molecule has 1 aromatic carbocycles. The van der Waals surface area contributed by atoms with E-state index in [9.17, 15) is 14.9 Å². The molecular weight excluding hydrogens is 318 g/mol. The lowest BCUT2D eigenvalue weighted by atomic mass is 10.1. The van der Waals surface area contributed by atoms with Crippen LogP contribution in [0.5, 0.6) is 0 Å². The van der Waals surface area contributed by atoms with Crippen molar-refractivity contribution in [3.8, 4) is 0 Å². The third-order valence-corrected chi connectivity index (χ3v) is 4.25. The van der Waals surface area contributed by atoms with Gasteiger partial charge in [-0.3, -0.25) is 14.9 Å². The van der Waals surface area contributed by atoms with Crippen molar-refractivity contribution < 1.29 is 9.72 Å². The Kier molecular flexibility index (Phi) is 4.09. The van der Waals surface area contributed by atoms with Gasteiger partial charge in [0.2, 0.25) is 0 Å². The summed E-state index contributed by atoms with van der Waals surface area (Å²) in [6, 6.07) is 8.07. The fourth-order valence-corrected chi connectivity index (χ4v) is 2.75. The highest BCUT2D eigenvalue weighted by molar-refractivity contribution is 6.31. The number of aryl methyl sites for hydroxylation is 1. The van der Waals surface area contributed by atoms with E-state index in [-0.39, 0.29) is 23.2 Å². The monoisotopic (exact) mass is 333 g/mol. The van der Waals surface area contributed by atoms with Crippen LogP contribution in [0, 0.1) is 10.1 Å². The first-order valence-corrected chi connectivity index (χ1v) is 7.70. The average molecular weight is 334 g/mol. The lowest BCUT2D eigenvalue weighted by Gasteiger charge is -2.23. The van der Waals surface area contributed by atoms with Crippen molar-refractivity contribution >= 4 is 23.2 Å². The van der Waals surface area contributed by atoms with E-state index >= 15 is 0 Å². The first kappa shape index (κ1) is 15.6. The Morgan fingerprint density at radius 1 is 1.43 bits per heavy atom. The summed E-state index contributed by atoms with van der Waals surface area (Å²) >= 11 is 5.94. The second-order valence-electron chi connectivity index (χ2n) is 5.69. The lowest BCUT2D eigenvalue weighted by molar-refractivity contribution is -0.385. The summed E-state index contributed by atoms with van der Waals surface area (Å²) in [5, 5.41) is 11.5. The zero-order valence-corrected chi connectivity index (χ0v) is 13.4. The standard InChI is InChI=1S/C16H16ClN3O3/c1-18-8-2-3-13(18)10-19(12-5-6-12)16(21)14-9-11(17)4-7-15(14)20(22)23/h2-4,7-9,12H,5-6,10H2,1H3. The summed E-state index contributed by atoms with van der Waals surface area (Å²) in [6.45, 7) is 0.427. The largest absolute Gasteiger partial charge is 0.353 e. The Bertz CT molecular complexity index is 768. The molecule has 1 fully saturated rings. The molecule has 0 saturated heterocycles. The van der Waals surface area contributed by atoms with Gasteiger partial charge >= 0.3 is 0 Å². The van der Waals surface area contributed by atoms with E-state index in [0.29, 0.717) is 11.6 Å². The highest BCUT2D eigenvalue weighted by atomic mass is 35.5. The number of carbonyl (C=O) groups excluding carboxylic acids is 1. The van der Waals surface area contributed by atoms with Gasteiger partial charge in [-0.2, -0.15) is 0 Å². The van der Waals surface area contributed by atoms with Crippen molar-refractivity contribution in [2.75, 3.05) is 0 Å². The summed E-state index contributed by atoms with van der Waals surface area (Å²) in [6.07, 6.45) is 3.75. The van der Waals surface area contributed by atoms with Gasteiger partial charge in [-0.05, 0) is 37.1 Å². The number of aromatic nitrogens is 1. The number of carbonyl (C=O) groups is 1. The van der Waals surface area contributed by atoms with Crippen LogP contribution < -0.4 is 0 Å². The SMILES string of the molecule is Cn1cccc1CN(C(=O)c1cc(Cl)ccc1[N+](=O)[O-])C1CC1. The van der Waals surface area contributed by atoms with E-state index in [1.807, 2.05) is 29.9 Å². The summed E-state index contributed by atoms with van der Waals surface area (Å²) in [4.78, 5) is 25.3. The molecule has 0 atom stereocenters. The first-order chi connectivity index (χ1) is 11.0. The molecule has 0 radical (unpaired) electrons. The normalized spacial score (nSPS) is 13.8. The van der Waals surface area contributed by atoms with E-state index in [1.165, 1.54) is 18.2 Å². The molecule has 23 heavy (non-hydrogen) atoms. The molecule has 1 aromatic heterocycles. The second kappa shape index (κ2) is 6.04. The molecule has 0 N–H and O–H groups in total. The van der Waals surface area contributed by atoms with Crippen LogP contribution in [-0.4, -0.2) is 26.3 Å². The molecular formula is C16H16ClN3O3. The molecule has 0 bridgehead atoms. The number of benzene rings is 1. The van der Waals surface area contributed by atoms with Crippen LogP contribution in [0.15, 0.2) is 36.5 Å². The highest BCUT2D eigenvalue weighted by Gasteiger charge is 2.36. The van der Waals surface area contributed by atoms with Gasteiger partial charge in [0.15, 0.2) is 0 Å². The third kappa shape index (κ3) is 3.22. The minimum atomic E-state index is -0.544. The average Bonchev–Trinajstić information content (AvgIpc) is 3.27. The molecule has 1 aliphatic rings. The van der Waals surface area contributed by atoms with Crippen LogP contribution in [-0.2, 0) is 13.6 Å². The zero-order valence-electron chi connectivity index (χ0n) is 12.6. The van der Waals surface area contributed by atoms with Crippen LogP contribution in [0.2, 0.25) is 5.02 Å². The maximum atomic E-state index is 12.9. The Labute approximate surface area is 138 Å². The molecule has 1 heterocycles. The van der Waals surface area contributed by atoms with Gasteiger partial charge in [-0.15, -0.1) is 0 Å². The summed E-state index contributed by atoms with van der Waals surface area (Å²) in [7, 11) is 1.91. The zero-order chi connectivity index (χ0) is 16.6. The number of halogens is 1. The molecule has 6 nitrogen and oxygen atoms in total. The number of nitro benzene ring substituents is 1. The number of hydrogen-bond acceptors (Lipinski definition) is 3. The quantitative estimate of drug-likeness (QED) is 0.622. The Balaban J connectivity index is 1.94. The molecule has 7 heteroatoms. The fourth-order valence-electron chi connectivity index (χ4n) is 2.58. The highest BCUT2D eigenvalue weighted by Crippen LogP contribution is 2.32. The van der Waals surface area contributed by atoms with Crippen molar-refractivity contribution in [2.24, 2.45) is 7.05 Å². The maximum absolute atomic E-state index is 12.9. The Hall–Kier alpha value is -2.34. The predicted molar refractivity (Wildman–Crippen MR) is 86.4 cm³/mol. The Morgan fingerprint density at radius 3 is 2.74 bits per heavy atom. The van der Waals surface area contributed by atoms with E-state index in [2.05, 4.69) is 0 Å². The van der Waals surface area contributed by atoms with Crippen LogP contribution in [0.4, 0.5) is 5.69 Å². The summed E-state index contributed by atoms with van der Waals surface area (Å²) in [5.41, 5.74) is 0.815. The second-order valence-corrected chi connectivity index (χ2v) is 6.13. The fraction of sp³-hybridized carbons (Fsp3) is 0.312. The van der Waals surface area contributed by atoms with Gasteiger partial charge < -0.3 is 9.47 Å². The van der Waals surface area contributed by atoms with Gasteiger partial charge in [-0.25, -0.2) is 0 Å². The molecule has 1 amide bonds. The van der Waals surface area contributed by atoms with Crippen molar-refractivity contribution in [1.29, 1.82) is 0 Å². The molecule has 1 aliphatic carbocycles. The minimum absolute atomic E-state index is 0.0450. The van der Waals surface area contributed by atoms with Gasteiger partial charge in [0, 0.05) is 36.1 Å². The third-order valence-electron chi connectivity index (χ3n) is 4.02. The summed E-state index contributed by atoms with van der Waals surface area (Å²) < 4.78 is 1.94. The van der Waals surface area contributed by atoms with Gasteiger partial charge in [0.1, 0.15) is 5.56 Å².